The summed E-state index contributed by atoms with van der Waals surface area (Å²) >= 11 is 7.63. The van der Waals surface area contributed by atoms with E-state index in [0.29, 0.717) is 5.15 Å². The molecule has 2 aromatic rings. The number of aryl methyl sites for hydroxylation is 1. The van der Waals surface area contributed by atoms with Crippen molar-refractivity contribution in [3.05, 3.63) is 23.1 Å². The summed E-state index contributed by atoms with van der Waals surface area (Å²) in [5.41, 5.74) is 2.24. The van der Waals surface area contributed by atoms with Gasteiger partial charge in [-0.05, 0) is 37.7 Å². The van der Waals surface area contributed by atoms with Gasteiger partial charge < -0.3 is 4.90 Å². The highest BCUT2D eigenvalue weighted by atomic mass is 35.5. The first-order chi connectivity index (χ1) is 11.9. The molecule has 1 saturated carbocycles. The predicted octanol–water partition coefficient (Wildman–Crippen LogP) is 3.51. The second-order valence-electron chi connectivity index (χ2n) is 7.09. The van der Waals surface area contributed by atoms with E-state index in [2.05, 4.69) is 15.0 Å². The normalized spacial score (nSPS) is 19.9. The molecular formula is C16H20ClF2N5S. The molecule has 2 fully saturated rings. The number of nitrogens with zero attached hydrogens (tertiary/aromatic N) is 5. The molecule has 4 rings (SSSR count). The second-order valence-corrected chi connectivity index (χ2v) is 8.31. The first kappa shape index (κ1) is 17.3. The first-order valence-corrected chi connectivity index (χ1v) is 9.81. The highest BCUT2D eigenvalue weighted by molar-refractivity contribution is 7.96. The van der Waals surface area contributed by atoms with Crippen LogP contribution in [0, 0.1) is 12.3 Å². The molecule has 9 heteroatoms. The van der Waals surface area contributed by atoms with Crippen molar-refractivity contribution in [1.82, 2.24) is 18.9 Å². The van der Waals surface area contributed by atoms with E-state index in [1.165, 1.54) is 18.3 Å². The SMILES string of the molecule is CSN(CC(F)F)C1CC2(C1)CN(c1ncnn3c(Cl)cc(C)c13)C2. The highest BCUT2D eigenvalue weighted by Crippen LogP contribution is 2.52. The molecule has 1 aliphatic heterocycles. The van der Waals surface area contributed by atoms with E-state index in [1.54, 1.807) is 4.52 Å². The number of alkyl halides is 2. The average molecular weight is 388 g/mol. The number of fused-ring (bicyclic) bond motifs is 1. The fraction of sp³-hybridized carbons (Fsp3) is 0.625. The van der Waals surface area contributed by atoms with E-state index in [1.807, 2.05) is 23.6 Å². The molecule has 1 spiro atoms. The summed E-state index contributed by atoms with van der Waals surface area (Å²) in [5.74, 6) is 0.905. The van der Waals surface area contributed by atoms with E-state index in [4.69, 9.17) is 11.6 Å². The fourth-order valence-electron chi connectivity index (χ4n) is 4.21. The number of anilines is 1. The first-order valence-electron chi connectivity index (χ1n) is 8.25. The number of hydrogen-bond donors (Lipinski definition) is 0. The zero-order chi connectivity index (χ0) is 17.8. The Morgan fingerprint density at radius 3 is 2.80 bits per heavy atom. The molecule has 2 aliphatic rings. The minimum absolute atomic E-state index is 0.153. The topological polar surface area (TPSA) is 36.7 Å². The van der Waals surface area contributed by atoms with Gasteiger partial charge in [-0.25, -0.2) is 22.6 Å². The summed E-state index contributed by atoms with van der Waals surface area (Å²) in [7, 11) is 0. The lowest BCUT2D eigenvalue weighted by atomic mass is 9.60. The molecule has 2 aromatic heterocycles. The van der Waals surface area contributed by atoms with Gasteiger partial charge in [0.25, 0.3) is 6.43 Å². The van der Waals surface area contributed by atoms with Gasteiger partial charge in [0, 0.05) is 24.5 Å². The molecule has 1 aliphatic carbocycles. The maximum atomic E-state index is 12.7. The maximum Gasteiger partial charge on any atom is 0.252 e. The van der Waals surface area contributed by atoms with Crippen molar-refractivity contribution < 1.29 is 8.78 Å². The molecule has 0 aromatic carbocycles. The van der Waals surface area contributed by atoms with Crippen LogP contribution in [0.3, 0.4) is 0 Å². The molecule has 0 radical (unpaired) electrons. The molecule has 3 heterocycles. The van der Waals surface area contributed by atoms with E-state index < -0.39 is 6.43 Å². The van der Waals surface area contributed by atoms with Crippen LogP contribution in [-0.4, -0.2) is 57.3 Å². The highest BCUT2D eigenvalue weighted by Gasteiger charge is 2.54. The van der Waals surface area contributed by atoms with Gasteiger partial charge in [-0.1, -0.05) is 23.5 Å². The van der Waals surface area contributed by atoms with Crippen LogP contribution in [0.25, 0.3) is 5.52 Å². The molecule has 0 bridgehead atoms. The largest absolute Gasteiger partial charge is 0.354 e. The van der Waals surface area contributed by atoms with Gasteiger partial charge >= 0.3 is 0 Å². The molecular weight excluding hydrogens is 368 g/mol. The van der Waals surface area contributed by atoms with Crippen LogP contribution < -0.4 is 4.90 Å². The lowest BCUT2D eigenvalue weighted by molar-refractivity contribution is -0.0000692. The molecule has 0 amide bonds. The Labute approximate surface area is 154 Å². The van der Waals surface area contributed by atoms with Gasteiger partial charge in [0.1, 0.15) is 17.0 Å². The van der Waals surface area contributed by atoms with Crippen molar-refractivity contribution in [3.8, 4) is 0 Å². The molecule has 0 unspecified atom stereocenters. The Balaban J connectivity index is 1.44. The molecule has 0 N–H and O–H groups in total. The number of rotatable bonds is 5. The standard InChI is InChI=1S/C16H20ClF2N5S/c1-10-3-12(17)24-14(10)15(20-9-21-24)22-7-16(8-22)4-11(5-16)23(25-2)6-13(18)19/h3,9,11,13H,4-8H2,1-2H3. The van der Waals surface area contributed by atoms with Gasteiger partial charge in [-0.15, -0.1) is 0 Å². The molecule has 25 heavy (non-hydrogen) atoms. The third-order valence-corrected chi connectivity index (χ3v) is 6.52. The van der Waals surface area contributed by atoms with Crippen molar-refractivity contribution in [2.24, 2.45) is 5.41 Å². The minimum Gasteiger partial charge on any atom is -0.354 e. The molecule has 5 nitrogen and oxygen atoms in total. The zero-order valence-corrected chi connectivity index (χ0v) is 15.7. The maximum absolute atomic E-state index is 12.7. The fourth-order valence-corrected chi connectivity index (χ4v) is 5.22. The van der Waals surface area contributed by atoms with Gasteiger partial charge in [0.15, 0.2) is 5.82 Å². The third-order valence-electron chi connectivity index (χ3n) is 5.33. The van der Waals surface area contributed by atoms with Crippen molar-refractivity contribution in [2.75, 3.05) is 30.8 Å². The monoisotopic (exact) mass is 387 g/mol. The lowest BCUT2D eigenvalue weighted by Crippen LogP contribution is -2.66. The Morgan fingerprint density at radius 1 is 1.44 bits per heavy atom. The smallest absolute Gasteiger partial charge is 0.252 e. The van der Waals surface area contributed by atoms with Crippen LogP contribution in [0.5, 0.6) is 0 Å². The summed E-state index contributed by atoms with van der Waals surface area (Å²) in [6.07, 6.45) is 3.06. The van der Waals surface area contributed by atoms with Gasteiger partial charge in [-0.3, -0.25) is 0 Å². The summed E-state index contributed by atoms with van der Waals surface area (Å²) in [5, 5.41) is 4.80. The quantitative estimate of drug-likeness (QED) is 0.734. The van der Waals surface area contributed by atoms with Crippen LogP contribution in [-0.2, 0) is 0 Å². The summed E-state index contributed by atoms with van der Waals surface area (Å²) < 4.78 is 28.9. The second kappa shape index (κ2) is 6.25. The molecule has 1 saturated heterocycles. The van der Waals surface area contributed by atoms with E-state index >= 15 is 0 Å². The Morgan fingerprint density at radius 2 is 2.16 bits per heavy atom. The summed E-state index contributed by atoms with van der Waals surface area (Å²) in [6, 6.07) is 2.14. The van der Waals surface area contributed by atoms with Gasteiger partial charge in [0.2, 0.25) is 0 Å². The van der Waals surface area contributed by atoms with Crippen LogP contribution in [0.2, 0.25) is 5.15 Å². The van der Waals surface area contributed by atoms with E-state index in [-0.39, 0.29) is 18.0 Å². The van der Waals surface area contributed by atoms with E-state index in [9.17, 15) is 8.78 Å². The number of hydrogen-bond acceptors (Lipinski definition) is 5. The van der Waals surface area contributed by atoms with Crippen molar-refractivity contribution in [3.63, 3.8) is 0 Å². The van der Waals surface area contributed by atoms with E-state index in [0.717, 1.165) is 42.8 Å². The number of aromatic nitrogens is 3. The number of halogens is 3. The van der Waals surface area contributed by atoms with Crippen LogP contribution in [0.4, 0.5) is 14.6 Å². The Hall–Kier alpha value is -1.12. The summed E-state index contributed by atoms with van der Waals surface area (Å²) in [6.45, 7) is 3.67. The van der Waals surface area contributed by atoms with Crippen LogP contribution in [0.1, 0.15) is 18.4 Å². The summed E-state index contributed by atoms with van der Waals surface area (Å²) in [4.78, 5) is 6.70. The average Bonchev–Trinajstić information content (AvgIpc) is 2.78. The van der Waals surface area contributed by atoms with Crippen molar-refractivity contribution >= 4 is 34.9 Å². The molecule has 0 atom stereocenters. The van der Waals surface area contributed by atoms with Crippen molar-refractivity contribution in [1.29, 1.82) is 0 Å². The Bertz CT molecular complexity index is 784. The van der Waals surface area contributed by atoms with Crippen molar-refractivity contribution in [2.45, 2.75) is 32.2 Å². The lowest BCUT2D eigenvalue weighted by Gasteiger charge is -2.61. The minimum atomic E-state index is -2.28. The third kappa shape index (κ3) is 2.88. The van der Waals surface area contributed by atoms with Gasteiger partial charge in [-0.2, -0.15) is 5.10 Å². The predicted molar refractivity (Wildman–Crippen MR) is 96.6 cm³/mol. The van der Waals surface area contributed by atoms with Crippen LogP contribution >= 0.6 is 23.5 Å². The van der Waals surface area contributed by atoms with Crippen LogP contribution in [0.15, 0.2) is 12.4 Å². The Kier molecular flexibility index (Phi) is 4.32. The molecule has 136 valence electrons. The van der Waals surface area contributed by atoms with Gasteiger partial charge in [0.05, 0.1) is 6.54 Å². The zero-order valence-electron chi connectivity index (χ0n) is 14.1.